The van der Waals surface area contributed by atoms with Gasteiger partial charge in [-0.2, -0.15) is 0 Å². The minimum absolute atomic E-state index is 0.107. The van der Waals surface area contributed by atoms with E-state index in [-0.39, 0.29) is 6.54 Å². The van der Waals surface area contributed by atoms with E-state index in [1.807, 2.05) is 4.90 Å². The highest BCUT2D eigenvalue weighted by Crippen LogP contribution is 2.12. The lowest BCUT2D eigenvalue weighted by atomic mass is 10.1. The van der Waals surface area contributed by atoms with Crippen LogP contribution in [0.15, 0.2) is 4.99 Å². The monoisotopic (exact) mass is 268 g/mol. The van der Waals surface area contributed by atoms with E-state index in [1.54, 1.807) is 0 Å². The number of aliphatic carboxylic acids is 1. The minimum Gasteiger partial charge on any atom is -0.480 e. The SMILES string of the molecule is CCCCCCCCCCC1=NCCN1CC(=O)O. The molecule has 110 valence electrons. The van der Waals surface area contributed by atoms with Crippen LogP contribution < -0.4 is 0 Å². The summed E-state index contributed by atoms with van der Waals surface area (Å²) in [5.41, 5.74) is 0. The number of carboxylic acids is 1. The maximum atomic E-state index is 10.7. The van der Waals surface area contributed by atoms with Crippen molar-refractivity contribution in [3.8, 4) is 0 Å². The molecule has 4 nitrogen and oxygen atoms in total. The Hall–Kier alpha value is -1.06. The van der Waals surface area contributed by atoms with Crippen molar-refractivity contribution < 1.29 is 9.90 Å². The molecule has 4 heteroatoms. The van der Waals surface area contributed by atoms with Gasteiger partial charge in [-0.1, -0.05) is 51.9 Å². The molecule has 1 rings (SSSR count). The van der Waals surface area contributed by atoms with E-state index in [9.17, 15) is 4.79 Å². The lowest BCUT2D eigenvalue weighted by molar-refractivity contribution is -0.137. The summed E-state index contributed by atoms with van der Waals surface area (Å²) in [5.74, 6) is 0.249. The number of amidine groups is 1. The molecule has 0 saturated heterocycles. The van der Waals surface area contributed by atoms with Crippen LogP contribution >= 0.6 is 0 Å². The Morgan fingerprint density at radius 1 is 1.16 bits per heavy atom. The number of carbonyl (C=O) groups is 1. The fourth-order valence-corrected chi connectivity index (χ4v) is 2.52. The summed E-state index contributed by atoms with van der Waals surface area (Å²) in [6.07, 6.45) is 11.4. The molecule has 0 bridgehead atoms. The molecule has 0 aromatic heterocycles. The molecular weight excluding hydrogens is 240 g/mol. The highest BCUT2D eigenvalue weighted by Gasteiger charge is 2.18. The van der Waals surface area contributed by atoms with Crippen LogP contribution in [0.2, 0.25) is 0 Å². The molecule has 1 aliphatic rings. The Labute approximate surface area is 116 Å². The number of carboxylic acid groups (broad SMARTS) is 1. The first-order chi connectivity index (χ1) is 9.24. The second kappa shape index (κ2) is 9.82. The topological polar surface area (TPSA) is 52.9 Å². The molecule has 0 aliphatic carbocycles. The standard InChI is InChI=1S/C15H28N2O2/c1-2-3-4-5-6-7-8-9-10-14-16-11-12-17(14)13-15(18)19/h2-13H2,1H3,(H,18,19). The molecule has 0 aromatic carbocycles. The van der Waals surface area contributed by atoms with E-state index < -0.39 is 5.97 Å². The summed E-state index contributed by atoms with van der Waals surface area (Å²) in [5, 5.41) is 8.81. The van der Waals surface area contributed by atoms with Crippen molar-refractivity contribution in [2.45, 2.75) is 64.7 Å². The fraction of sp³-hybridized carbons (Fsp3) is 0.867. The number of unbranched alkanes of at least 4 members (excludes halogenated alkanes) is 7. The zero-order valence-corrected chi connectivity index (χ0v) is 12.2. The van der Waals surface area contributed by atoms with Gasteiger partial charge in [0, 0.05) is 13.0 Å². The molecule has 0 fully saturated rings. The molecule has 0 atom stereocenters. The third-order valence-corrected chi connectivity index (χ3v) is 3.61. The van der Waals surface area contributed by atoms with Gasteiger partial charge in [-0.25, -0.2) is 0 Å². The highest BCUT2D eigenvalue weighted by molar-refractivity contribution is 5.86. The first kappa shape index (κ1) is 16.0. The Balaban J connectivity index is 2.01. The summed E-state index contributed by atoms with van der Waals surface area (Å²) >= 11 is 0. The van der Waals surface area contributed by atoms with Crippen LogP contribution in [0.1, 0.15) is 64.7 Å². The largest absolute Gasteiger partial charge is 0.480 e. The minimum atomic E-state index is -0.759. The van der Waals surface area contributed by atoms with Crippen LogP contribution in [-0.2, 0) is 4.79 Å². The molecule has 1 aliphatic heterocycles. The summed E-state index contributed by atoms with van der Waals surface area (Å²) in [6.45, 7) is 3.89. The van der Waals surface area contributed by atoms with Crippen molar-refractivity contribution >= 4 is 11.8 Å². The van der Waals surface area contributed by atoms with Crippen LogP contribution in [0, 0.1) is 0 Å². The number of rotatable bonds is 11. The Morgan fingerprint density at radius 3 is 2.42 bits per heavy atom. The molecule has 0 aromatic rings. The van der Waals surface area contributed by atoms with Crippen LogP contribution in [0.5, 0.6) is 0 Å². The van der Waals surface area contributed by atoms with Crippen molar-refractivity contribution in [1.82, 2.24) is 4.90 Å². The number of nitrogens with zero attached hydrogens (tertiary/aromatic N) is 2. The van der Waals surface area contributed by atoms with Crippen LogP contribution in [-0.4, -0.2) is 41.4 Å². The first-order valence-corrected chi connectivity index (χ1v) is 7.74. The van der Waals surface area contributed by atoms with Crippen LogP contribution in [0.3, 0.4) is 0 Å². The normalized spacial score (nSPS) is 14.8. The molecule has 19 heavy (non-hydrogen) atoms. The second-order valence-corrected chi connectivity index (χ2v) is 5.34. The molecule has 1 N–H and O–H groups in total. The smallest absolute Gasteiger partial charge is 0.323 e. The van der Waals surface area contributed by atoms with Crippen molar-refractivity contribution in [1.29, 1.82) is 0 Å². The fourth-order valence-electron chi connectivity index (χ4n) is 2.52. The van der Waals surface area contributed by atoms with Gasteiger partial charge in [0.05, 0.1) is 12.4 Å². The van der Waals surface area contributed by atoms with Crippen LogP contribution in [0.4, 0.5) is 0 Å². The van der Waals surface area contributed by atoms with E-state index >= 15 is 0 Å². The highest BCUT2D eigenvalue weighted by atomic mass is 16.4. The average molecular weight is 268 g/mol. The zero-order valence-electron chi connectivity index (χ0n) is 12.2. The third kappa shape index (κ3) is 7.19. The van der Waals surface area contributed by atoms with Crippen molar-refractivity contribution in [3.05, 3.63) is 0 Å². The van der Waals surface area contributed by atoms with E-state index in [4.69, 9.17) is 5.11 Å². The predicted molar refractivity (Wildman–Crippen MR) is 78.7 cm³/mol. The van der Waals surface area contributed by atoms with E-state index in [2.05, 4.69) is 11.9 Å². The summed E-state index contributed by atoms with van der Waals surface area (Å²) in [6, 6.07) is 0. The molecule has 0 amide bonds. The molecule has 0 spiro atoms. The molecule has 0 unspecified atom stereocenters. The van der Waals surface area contributed by atoms with Gasteiger partial charge < -0.3 is 10.0 Å². The second-order valence-electron chi connectivity index (χ2n) is 5.34. The molecule has 0 radical (unpaired) electrons. The van der Waals surface area contributed by atoms with Crippen molar-refractivity contribution in [2.24, 2.45) is 4.99 Å². The lowest BCUT2D eigenvalue weighted by Gasteiger charge is -2.17. The zero-order chi connectivity index (χ0) is 13.9. The Morgan fingerprint density at radius 2 is 1.79 bits per heavy atom. The number of aliphatic imine (C=N–C) groups is 1. The summed E-state index contributed by atoms with van der Waals surface area (Å²) < 4.78 is 0. The van der Waals surface area contributed by atoms with Gasteiger partial charge in [0.15, 0.2) is 0 Å². The average Bonchev–Trinajstić information content (AvgIpc) is 2.79. The quantitative estimate of drug-likeness (QED) is 0.585. The molecular formula is C15H28N2O2. The molecule has 0 saturated carbocycles. The van der Waals surface area contributed by atoms with Gasteiger partial charge in [0.1, 0.15) is 6.54 Å². The predicted octanol–water partition coefficient (Wildman–Crippen LogP) is 3.32. The van der Waals surface area contributed by atoms with Gasteiger partial charge >= 0.3 is 5.97 Å². The van der Waals surface area contributed by atoms with Gasteiger partial charge in [-0.3, -0.25) is 9.79 Å². The van der Waals surface area contributed by atoms with Gasteiger partial charge in [-0.05, 0) is 6.42 Å². The van der Waals surface area contributed by atoms with E-state index in [0.29, 0.717) is 0 Å². The maximum absolute atomic E-state index is 10.7. The third-order valence-electron chi connectivity index (χ3n) is 3.61. The number of hydrogen-bond acceptors (Lipinski definition) is 3. The van der Waals surface area contributed by atoms with E-state index in [0.717, 1.165) is 31.8 Å². The van der Waals surface area contributed by atoms with Crippen molar-refractivity contribution in [2.75, 3.05) is 19.6 Å². The Bertz CT molecular complexity index is 290. The Kier molecular flexibility index (Phi) is 8.26. The number of hydrogen-bond donors (Lipinski definition) is 1. The van der Waals surface area contributed by atoms with Gasteiger partial charge in [0.25, 0.3) is 0 Å². The van der Waals surface area contributed by atoms with Gasteiger partial charge in [-0.15, -0.1) is 0 Å². The maximum Gasteiger partial charge on any atom is 0.323 e. The lowest BCUT2D eigenvalue weighted by Crippen LogP contribution is -2.32. The van der Waals surface area contributed by atoms with Crippen molar-refractivity contribution in [3.63, 3.8) is 0 Å². The summed E-state index contributed by atoms with van der Waals surface area (Å²) in [4.78, 5) is 17.0. The summed E-state index contributed by atoms with van der Waals surface area (Å²) in [7, 11) is 0. The van der Waals surface area contributed by atoms with Crippen LogP contribution in [0.25, 0.3) is 0 Å². The van der Waals surface area contributed by atoms with E-state index in [1.165, 1.54) is 44.9 Å². The molecule has 1 heterocycles. The van der Waals surface area contributed by atoms with Gasteiger partial charge in [0.2, 0.25) is 0 Å². The first-order valence-electron chi connectivity index (χ1n) is 7.74.